The predicted octanol–water partition coefficient (Wildman–Crippen LogP) is 0.726. The zero-order valence-electron chi connectivity index (χ0n) is 4.95. The predicted molar refractivity (Wildman–Crippen MR) is 35.1 cm³/mol. The van der Waals surface area contributed by atoms with Crippen molar-refractivity contribution in [2.75, 3.05) is 0 Å². The standard InChI is InChI=1S/C5H8NO2P/c6-4-1-2-5(3-4)9(7)8/h2,4H,1,3,6H2/p+1/t4-/m0/s1. The fraction of sp³-hybridized carbons (Fsp3) is 0.600. The van der Waals surface area contributed by atoms with E-state index in [2.05, 4.69) is 0 Å². The van der Waals surface area contributed by atoms with Crippen molar-refractivity contribution in [1.82, 2.24) is 0 Å². The Labute approximate surface area is 54.4 Å². The van der Waals surface area contributed by atoms with E-state index in [0.717, 1.165) is 6.42 Å². The Hall–Kier alpha value is -0.240. The summed E-state index contributed by atoms with van der Waals surface area (Å²) in [5.74, 6) is 0. The van der Waals surface area contributed by atoms with Gasteiger partial charge in [-0.1, -0.05) is 0 Å². The highest BCUT2D eigenvalue weighted by Crippen LogP contribution is 2.35. The summed E-state index contributed by atoms with van der Waals surface area (Å²) in [7, 11) is -2.10. The zero-order chi connectivity index (χ0) is 6.85. The summed E-state index contributed by atoms with van der Waals surface area (Å²) in [6, 6.07) is 0.0751. The summed E-state index contributed by atoms with van der Waals surface area (Å²) in [6.07, 6.45) is 3.09. The molecule has 0 heterocycles. The topological polar surface area (TPSA) is 63.3 Å². The van der Waals surface area contributed by atoms with Crippen LogP contribution in [0.5, 0.6) is 0 Å². The Morgan fingerprint density at radius 1 is 1.89 bits per heavy atom. The van der Waals surface area contributed by atoms with E-state index in [-0.39, 0.29) is 6.04 Å². The summed E-state index contributed by atoms with van der Waals surface area (Å²) in [6.45, 7) is 0. The van der Waals surface area contributed by atoms with Crippen LogP contribution in [-0.2, 0) is 4.57 Å². The zero-order valence-corrected chi connectivity index (χ0v) is 5.84. The van der Waals surface area contributed by atoms with Gasteiger partial charge >= 0.3 is 8.03 Å². The second kappa shape index (κ2) is 2.56. The second-order valence-corrected chi connectivity index (χ2v) is 3.29. The molecule has 1 aliphatic carbocycles. The maximum absolute atomic E-state index is 10.4. The monoisotopic (exact) mass is 146 g/mol. The number of rotatable bonds is 1. The van der Waals surface area contributed by atoms with Crippen LogP contribution in [-0.4, -0.2) is 10.9 Å². The molecule has 0 spiro atoms. The summed E-state index contributed by atoms with van der Waals surface area (Å²) < 4.78 is 10.4. The van der Waals surface area contributed by atoms with Gasteiger partial charge in [0.15, 0.2) is 5.31 Å². The summed E-state index contributed by atoms with van der Waals surface area (Å²) in [4.78, 5) is 8.56. The quantitative estimate of drug-likeness (QED) is 0.536. The van der Waals surface area contributed by atoms with Crippen molar-refractivity contribution < 1.29 is 9.46 Å². The first-order valence-corrected chi connectivity index (χ1v) is 4.02. The molecule has 1 rings (SSSR count). The molecule has 4 heteroatoms. The molecule has 0 radical (unpaired) electrons. The van der Waals surface area contributed by atoms with Crippen LogP contribution >= 0.6 is 8.03 Å². The van der Waals surface area contributed by atoms with Crippen LogP contribution in [0.15, 0.2) is 11.4 Å². The average Bonchev–Trinajstić information content (AvgIpc) is 2.14. The van der Waals surface area contributed by atoms with Gasteiger partial charge < -0.3 is 5.73 Å². The number of hydrogen-bond donors (Lipinski definition) is 2. The summed E-state index contributed by atoms with van der Waals surface area (Å²) in [5, 5.41) is 0.609. The van der Waals surface area contributed by atoms with Crippen LogP contribution in [0, 0.1) is 0 Å². The Morgan fingerprint density at radius 3 is 2.78 bits per heavy atom. The van der Waals surface area contributed by atoms with Gasteiger partial charge in [0.2, 0.25) is 0 Å². The molecule has 0 aliphatic heterocycles. The second-order valence-electron chi connectivity index (χ2n) is 2.17. The third-order valence-corrected chi connectivity index (χ3v) is 2.23. The largest absolute Gasteiger partial charge is 0.541 e. The van der Waals surface area contributed by atoms with Gasteiger partial charge in [-0.2, -0.15) is 4.89 Å². The lowest BCUT2D eigenvalue weighted by atomic mass is 10.3. The van der Waals surface area contributed by atoms with Crippen LogP contribution in [0.25, 0.3) is 0 Å². The molecule has 1 aliphatic rings. The SMILES string of the molecule is N[C@H]1CC=C([P+](=O)O)C1. The van der Waals surface area contributed by atoms with Crippen molar-refractivity contribution in [3.8, 4) is 0 Å². The van der Waals surface area contributed by atoms with Crippen molar-refractivity contribution in [3.63, 3.8) is 0 Å². The van der Waals surface area contributed by atoms with E-state index in [1.165, 1.54) is 0 Å². The van der Waals surface area contributed by atoms with Gasteiger partial charge in [0.05, 0.1) is 0 Å². The average molecular weight is 146 g/mol. The van der Waals surface area contributed by atoms with Gasteiger partial charge in [-0.05, 0) is 17.1 Å². The fourth-order valence-corrected chi connectivity index (χ4v) is 1.53. The highest BCUT2D eigenvalue weighted by molar-refractivity contribution is 7.43. The fourth-order valence-electron chi connectivity index (χ4n) is 0.879. The van der Waals surface area contributed by atoms with Crippen LogP contribution in [0.3, 0.4) is 0 Å². The van der Waals surface area contributed by atoms with Gasteiger partial charge in [0, 0.05) is 12.5 Å². The third-order valence-electron chi connectivity index (χ3n) is 1.37. The Bertz CT molecular complexity index is 166. The third kappa shape index (κ3) is 1.58. The minimum absolute atomic E-state index is 0.0751. The van der Waals surface area contributed by atoms with Crippen LogP contribution in [0.2, 0.25) is 0 Å². The van der Waals surface area contributed by atoms with Gasteiger partial charge in [-0.25, -0.2) is 0 Å². The Morgan fingerprint density at radius 2 is 2.56 bits per heavy atom. The molecule has 1 unspecified atom stereocenters. The lowest BCUT2D eigenvalue weighted by Crippen LogP contribution is -2.14. The van der Waals surface area contributed by atoms with Crippen LogP contribution in [0.1, 0.15) is 12.8 Å². The van der Waals surface area contributed by atoms with Gasteiger partial charge in [-0.3, -0.25) is 0 Å². The molecule has 0 bridgehead atoms. The molecule has 2 atom stereocenters. The maximum atomic E-state index is 10.4. The normalized spacial score (nSPS) is 28.0. The molecule has 0 saturated heterocycles. The molecule has 0 aromatic carbocycles. The van der Waals surface area contributed by atoms with E-state index >= 15 is 0 Å². The molecule has 0 aromatic heterocycles. The van der Waals surface area contributed by atoms with E-state index < -0.39 is 8.03 Å². The highest BCUT2D eigenvalue weighted by Gasteiger charge is 2.27. The molecular formula is C5H9NO2P+. The maximum Gasteiger partial charge on any atom is 0.541 e. The van der Waals surface area contributed by atoms with Crippen molar-refractivity contribution in [2.24, 2.45) is 5.73 Å². The lowest BCUT2D eigenvalue weighted by molar-refractivity contribution is 0.508. The first kappa shape index (κ1) is 6.87. The van der Waals surface area contributed by atoms with Crippen molar-refractivity contribution in [3.05, 3.63) is 11.4 Å². The summed E-state index contributed by atoms with van der Waals surface area (Å²) >= 11 is 0. The van der Waals surface area contributed by atoms with Gasteiger partial charge in [0.25, 0.3) is 0 Å². The molecule has 9 heavy (non-hydrogen) atoms. The van der Waals surface area contributed by atoms with Crippen molar-refractivity contribution in [2.45, 2.75) is 18.9 Å². The lowest BCUT2D eigenvalue weighted by Gasteiger charge is -1.93. The van der Waals surface area contributed by atoms with E-state index in [1.807, 2.05) is 0 Å². The van der Waals surface area contributed by atoms with Crippen molar-refractivity contribution >= 4 is 8.03 Å². The Balaban J connectivity index is 2.55. The first-order valence-electron chi connectivity index (χ1n) is 2.81. The molecule has 0 amide bonds. The smallest absolute Gasteiger partial charge is 0.327 e. The highest BCUT2D eigenvalue weighted by atomic mass is 31.1. The molecule has 0 saturated carbocycles. The van der Waals surface area contributed by atoms with E-state index in [1.54, 1.807) is 6.08 Å². The van der Waals surface area contributed by atoms with Gasteiger partial charge in [0.1, 0.15) is 0 Å². The minimum atomic E-state index is -2.10. The molecule has 50 valence electrons. The molecule has 3 nitrogen and oxygen atoms in total. The van der Waals surface area contributed by atoms with E-state index in [9.17, 15) is 4.57 Å². The summed E-state index contributed by atoms with van der Waals surface area (Å²) in [5.41, 5.74) is 5.47. The molecular weight excluding hydrogens is 137 g/mol. The number of nitrogens with two attached hydrogens (primary N) is 1. The van der Waals surface area contributed by atoms with Crippen LogP contribution < -0.4 is 5.73 Å². The van der Waals surface area contributed by atoms with Gasteiger partial charge in [-0.15, -0.1) is 0 Å². The van der Waals surface area contributed by atoms with E-state index in [0.29, 0.717) is 11.7 Å². The minimum Gasteiger partial charge on any atom is -0.327 e. The Kier molecular flexibility index (Phi) is 1.96. The van der Waals surface area contributed by atoms with Crippen molar-refractivity contribution in [1.29, 1.82) is 0 Å². The van der Waals surface area contributed by atoms with Crippen LogP contribution in [0.4, 0.5) is 0 Å². The molecule has 3 N–H and O–H groups in total. The first-order chi connectivity index (χ1) is 4.20. The molecule has 0 aromatic rings. The van der Waals surface area contributed by atoms with E-state index in [4.69, 9.17) is 10.6 Å². The molecule has 0 fully saturated rings. The number of hydrogen-bond acceptors (Lipinski definition) is 2.